The Balaban J connectivity index is 2.08. The fraction of sp³-hybridized carbons (Fsp3) is 0.556. The fourth-order valence-electron chi connectivity index (χ4n) is 3.69. The van der Waals surface area contributed by atoms with Crippen molar-refractivity contribution in [3.05, 3.63) is 34.2 Å². The third-order valence-corrected chi connectivity index (χ3v) is 11.0. The van der Waals surface area contributed by atoms with Crippen LogP contribution in [0.1, 0.15) is 56.6 Å². The predicted molar refractivity (Wildman–Crippen MR) is 95.8 cm³/mol. The summed E-state index contributed by atoms with van der Waals surface area (Å²) < 4.78 is 42.3. The van der Waals surface area contributed by atoms with Crippen molar-refractivity contribution >= 4 is 29.4 Å². The number of allylic oxidation sites excluding steroid dienone is 1. The molecule has 0 bridgehead atoms. The van der Waals surface area contributed by atoms with Gasteiger partial charge in [0.1, 0.15) is 0 Å². The average molecular weight is 407 g/mol. The summed E-state index contributed by atoms with van der Waals surface area (Å²) in [7, 11) is -3.09. The minimum atomic E-state index is -4.25. The first-order valence-corrected chi connectivity index (χ1v) is 11.8. The molecule has 0 amide bonds. The van der Waals surface area contributed by atoms with E-state index in [2.05, 4.69) is 14.8 Å². The van der Waals surface area contributed by atoms with Crippen LogP contribution >= 0.6 is 23.3 Å². The number of hydrogen-bond acceptors (Lipinski definition) is 0. The van der Waals surface area contributed by atoms with Crippen LogP contribution in [0.15, 0.2) is 28.0 Å². The van der Waals surface area contributed by atoms with Crippen molar-refractivity contribution in [3.63, 3.8) is 0 Å². The van der Waals surface area contributed by atoms with Gasteiger partial charge in [0.05, 0.1) is 0 Å². The Morgan fingerprint density at radius 1 is 1.13 bits per heavy atom. The van der Waals surface area contributed by atoms with E-state index in [1.54, 1.807) is 6.07 Å². The molecule has 0 radical (unpaired) electrons. The summed E-state index contributed by atoms with van der Waals surface area (Å²) in [5.41, 5.74) is -2.52. The summed E-state index contributed by atoms with van der Waals surface area (Å²) in [6, 6.07) is 5.59. The van der Waals surface area contributed by atoms with Crippen LogP contribution in [0.4, 0.5) is 13.2 Å². The zero-order valence-corrected chi connectivity index (χ0v) is 15.7. The van der Waals surface area contributed by atoms with Gasteiger partial charge in [-0.3, -0.25) is 0 Å². The summed E-state index contributed by atoms with van der Waals surface area (Å²) in [4.78, 5) is 1.07. The molecule has 1 aromatic carbocycles. The minimum absolute atomic E-state index is 0.0611. The molecule has 1 aliphatic heterocycles. The van der Waals surface area contributed by atoms with E-state index in [1.165, 1.54) is 0 Å². The zero-order valence-electron chi connectivity index (χ0n) is 13.3. The van der Waals surface area contributed by atoms with Crippen molar-refractivity contribution in [2.75, 3.05) is 0 Å². The summed E-state index contributed by atoms with van der Waals surface area (Å²) in [5.74, 6) is 0.0611. The maximum atomic E-state index is 14.1. The highest BCUT2D eigenvalue weighted by Crippen LogP contribution is 2.82. The van der Waals surface area contributed by atoms with Gasteiger partial charge in [0.15, 0.2) is 0 Å². The minimum Gasteiger partial charge on any atom is -0.160 e. The van der Waals surface area contributed by atoms with Crippen molar-refractivity contribution in [2.24, 2.45) is 5.92 Å². The van der Waals surface area contributed by atoms with Gasteiger partial charge >= 0.3 is 5.51 Å². The lowest BCUT2D eigenvalue weighted by Crippen LogP contribution is -2.19. The van der Waals surface area contributed by atoms with E-state index in [1.807, 2.05) is 25.1 Å². The van der Waals surface area contributed by atoms with Gasteiger partial charge in [0.2, 0.25) is 0 Å². The lowest BCUT2D eigenvalue weighted by Gasteiger charge is -2.38. The van der Waals surface area contributed by atoms with Crippen molar-refractivity contribution < 1.29 is 13.2 Å². The summed E-state index contributed by atoms with van der Waals surface area (Å²) in [5, 5.41) is 0. The van der Waals surface area contributed by atoms with Gasteiger partial charge in [-0.25, -0.2) is 0 Å². The molecule has 1 aromatic rings. The van der Waals surface area contributed by atoms with E-state index in [0.29, 0.717) is 9.80 Å². The number of halogens is 4. The molecule has 2 aliphatic rings. The van der Waals surface area contributed by atoms with Crippen LogP contribution in [-0.2, 0) is 6.42 Å². The van der Waals surface area contributed by atoms with Gasteiger partial charge in [-0.15, -0.1) is 0 Å². The lowest BCUT2D eigenvalue weighted by molar-refractivity contribution is -0.0357. The first-order chi connectivity index (χ1) is 10.9. The smallest absolute Gasteiger partial charge is 0.160 e. The van der Waals surface area contributed by atoms with Gasteiger partial charge in [-0.1, -0.05) is 44.7 Å². The molecule has 0 N–H and O–H groups in total. The highest BCUT2D eigenvalue weighted by molar-refractivity contribution is 9.59. The molecule has 0 nitrogen and oxygen atoms in total. The second-order valence-corrected chi connectivity index (χ2v) is 11.8. The Labute approximate surface area is 145 Å². The Hall–Kier alpha value is -0.420. The molecule has 5 heteroatoms. The molecule has 1 saturated carbocycles. The highest BCUT2D eigenvalue weighted by Gasteiger charge is 2.56. The molecular formula is C18H22BrF3S. The molecule has 1 unspecified atom stereocenters. The van der Waals surface area contributed by atoms with Crippen LogP contribution in [0.5, 0.6) is 0 Å². The van der Waals surface area contributed by atoms with Crippen molar-refractivity contribution in [1.82, 2.24) is 0 Å². The van der Waals surface area contributed by atoms with Crippen molar-refractivity contribution in [1.29, 1.82) is 0 Å². The van der Waals surface area contributed by atoms with Crippen LogP contribution < -0.4 is 0 Å². The molecule has 0 aromatic heterocycles. The van der Waals surface area contributed by atoms with Crippen LogP contribution in [0, 0.1) is 5.92 Å². The summed E-state index contributed by atoms with van der Waals surface area (Å²) in [6.07, 6.45) is 8.74. The fourth-order valence-corrected chi connectivity index (χ4v) is 8.13. The molecule has 128 valence electrons. The molecule has 1 heterocycles. The monoisotopic (exact) mass is 406 g/mol. The van der Waals surface area contributed by atoms with E-state index in [-0.39, 0.29) is 5.92 Å². The third kappa shape index (κ3) is 2.99. The average Bonchev–Trinajstić information content (AvgIpc) is 2.69. The molecular weight excluding hydrogens is 385 g/mol. The maximum Gasteiger partial charge on any atom is 0.442 e. The van der Waals surface area contributed by atoms with E-state index in [4.69, 9.17) is 0 Å². The van der Waals surface area contributed by atoms with Crippen LogP contribution in [0.25, 0.3) is 6.08 Å². The first-order valence-electron chi connectivity index (χ1n) is 8.31. The number of aryl methyl sites for hydroxylation is 1. The van der Waals surface area contributed by atoms with Gasteiger partial charge < -0.3 is 0 Å². The Morgan fingerprint density at radius 2 is 1.78 bits per heavy atom. The predicted octanol–water partition coefficient (Wildman–Crippen LogP) is 7.57. The molecule has 1 fully saturated rings. The quantitative estimate of drug-likeness (QED) is 0.444. The highest BCUT2D eigenvalue weighted by atomic mass is 79.9. The van der Waals surface area contributed by atoms with Crippen molar-refractivity contribution in [2.45, 2.75) is 62.3 Å². The summed E-state index contributed by atoms with van der Waals surface area (Å²) in [6.45, 7) is 1.98. The van der Waals surface area contributed by atoms with Crippen molar-refractivity contribution in [3.8, 4) is 0 Å². The van der Waals surface area contributed by atoms with Gasteiger partial charge in [-0.05, 0) is 76.6 Å². The van der Waals surface area contributed by atoms with E-state index in [9.17, 15) is 13.2 Å². The number of benzene rings is 1. The number of hydrogen-bond donors (Lipinski definition) is 0. The Kier molecular flexibility index (Phi) is 4.90. The molecule has 0 spiro atoms. The zero-order chi connectivity index (χ0) is 16.7. The van der Waals surface area contributed by atoms with E-state index >= 15 is 0 Å². The second-order valence-electron chi connectivity index (χ2n) is 6.44. The number of rotatable bonds is 2. The lowest BCUT2D eigenvalue weighted by atomic mass is 9.98. The Bertz CT molecular complexity index is 615. The largest absolute Gasteiger partial charge is 0.442 e. The molecule has 3 rings (SSSR count). The van der Waals surface area contributed by atoms with Crippen LogP contribution in [-0.4, -0.2) is 5.51 Å². The van der Waals surface area contributed by atoms with Gasteiger partial charge in [0, 0.05) is 4.90 Å². The molecule has 23 heavy (non-hydrogen) atoms. The van der Waals surface area contributed by atoms with Gasteiger partial charge in [0.25, 0.3) is 0 Å². The van der Waals surface area contributed by atoms with E-state index in [0.717, 1.165) is 56.1 Å². The molecule has 1 atom stereocenters. The summed E-state index contributed by atoms with van der Waals surface area (Å²) >= 11 is 3.25. The van der Waals surface area contributed by atoms with Gasteiger partial charge in [-0.2, -0.15) is 13.2 Å². The van der Waals surface area contributed by atoms with Crippen LogP contribution in [0.3, 0.4) is 0 Å². The third-order valence-electron chi connectivity index (χ3n) is 4.99. The topological polar surface area (TPSA) is 0 Å². The standard InChI is InChI=1S/C18H22BrF3S/c1-2-13-9-10-15-12-17(14-7-5-3-4-6-8-14)23(19,16(15)11-13)18(20,21)22/h9-12,14H,2-8H2,1H3. The number of alkyl halides is 3. The van der Waals surface area contributed by atoms with E-state index < -0.39 is 14.0 Å². The SMILES string of the molecule is CCc1ccc2c(c1)S(Br)(C(F)(F)F)C(C1CCCCCC1)=C2. The van der Waals surface area contributed by atoms with Crippen LogP contribution in [0.2, 0.25) is 0 Å². The Morgan fingerprint density at radius 3 is 2.35 bits per heavy atom. The molecule has 0 saturated heterocycles. The molecule has 1 aliphatic carbocycles. The normalized spacial score (nSPS) is 28.7. The maximum absolute atomic E-state index is 14.1. The number of fused-ring (bicyclic) bond motifs is 1. The first kappa shape index (κ1) is 17.4. The second kappa shape index (κ2) is 6.47.